The summed E-state index contributed by atoms with van der Waals surface area (Å²) in [6, 6.07) is 1.98. The van der Waals surface area contributed by atoms with Gasteiger partial charge in [0.25, 0.3) is 0 Å². The average Bonchev–Trinajstić information content (AvgIpc) is 2.13. The number of ether oxygens (including phenoxy) is 1. The van der Waals surface area contributed by atoms with Crippen molar-refractivity contribution in [1.82, 2.24) is 9.97 Å². The lowest BCUT2D eigenvalue weighted by atomic mass is 10.1. The van der Waals surface area contributed by atoms with E-state index in [9.17, 15) is 0 Å². The van der Waals surface area contributed by atoms with Crippen LogP contribution in [0.5, 0.6) is 5.88 Å². The van der Waals surface area contributed by atoms with E-state index in [0.717, 1.165) is 13.1 Å². The molecule has 0 aliphatic carbocycles. The topological polar surface area (TPSA) is 64.3 Å². The van der Waals surface area contributed by atoms with Gasteiger partial charge in [-0.2, -0.15) is 4.98 Å². The Hall–Kier alpha value is -1.36. The van der Waals surface area contributed by atoms with Gasteiger partial charge in [0.1, 0.15) is 0 Å². The summed E-state index contributed by atoms with van der Waals surface area (Å²) in [5.41, 5.74) is 5.65. The van der Waals surface area contributed by atoms with Crippen molar-refractivity contribution >= 4 is 5.95 Å². The molecule has 1 aliphatic rings. The fourth-order valence-electron chi connectivity index (χ4n) is 1.27. The fourth-order valence-corrected chi connectivity index (χ4v) is 1.27. The number of hydrogen-bond donors (Lipinski definition) is 1. The molecule has 2 heterocycles. The first-order chi connectivity index (χ1) is 6.29. The lowest BCUT2D eigenvalue weighted by molar-refractivity contribution is 0.394. The Morgan fingerprint density at radius 3 is 3.00 bits per heavy atom. The van der Waals surface area contributed by atoms with Crippen LogP contribution in [0.4, 0.5) is 5.95 Å². The van der Waals surface area contributed by atoms with Crippen LogP contribution in [-0.2, 0) is 0 Å². The number of nitrogens with two attached hydrogens (primary N) is 1. The summed E-state index contributed by atoms with van der Waals surface area (Å²) < 4.78 is 4.99. The molecule has 1 saturated heterocycles. The Kier molecular flexibility index (Phi) is 2.02. The van der Waals surface area contributed by atoms with Gasteiger partial charge in [-0.05, 0) is 0 Å². The first kappa shape index (κ1) is 8.25. The third kappa shape index (κ3) is 1.55. The summed E-state index contributed by atoms with van der Waals surface area (Å²) in [6.07, 6.45) is 1.69. The van der Waals surface area contributed by atoms with E-state index < -0.39 is 0 Å². The molecular weight excluding hydrogens is 168 g/mol. The molecule has 1 fully saturated rings. The van der Waals surface area contributed by atoms with Gasteiger partial charge < -0.3 is 15.4 Å². The molecule has 2 N–H and O–H groups in total. The second kappa shape index (κ2) is 3.18. The summed E-state index contributed by atoms with van der Waals surface area (Å²) in [4.78, 5) is 10.3. The molecule has 1 aliphatic heterocycles. The minimum atomic E-state index is 0.259. The van der Waals surface area contributed by atoms with Crippen LogP contribution in [0.25, 0.3) is 0 Å². The van der Waals surface area contributed by atoms with Crippen LogP contribution >= 0.6 is 0 Å². The SMILES string of the molecule is COc1ccnc(N2CC(N)C2)n1. The normalized spacial score (nSPS) is 16.9. The highest BCUT2D eigenvalue weighted by atomic mass is 16.5. The molecule has 0 radical (unpaired) electrons. The second-order valence-electron chi connectivity index (χ2n) is 3.06. The summed E-state index contributed by atoms with van der Waals surface area (Å²) in [6.45, 7) is 1.65. The van der Waals surface area contributed by atoms with E-state index in [0.29, 0.717) is 11.8 Å². The van der Waals surface area contributed by atoms with Crippen molar-refractivity contribution < 1.29 is 4.74 Å². The fraction of sp³-hybridized carbons (Fsp3) is 0.500. The molecule has 5 nitrogen and oxygen atoms in total. The van der Waals surface area contributed by atoms with E-state index in [2.05, 4.69) is 9.97 Å². The highest BCUT2D eigenvalue weighted by Gasteiger charge is 2.25. The zero-order chi connectivity index (χ0) is 9.26. The van der Waals surface area contributed by atoms with Crippen molar-refractivity contribution in [2.45, 2.75) is 6.04 Å². The molecule has 0 aromatic carbocycles. The van der Waals surface area contributed by atoms with Gasteiger partial charge in [-0.1, -0.05) is 0 Å². The molecule has 0 amide bonds. The van der Waals surface area contributed by atoms with Crippen molar-refractivity contribution in [2.75, 3.05) is 25.1 Å². The van der Waals surface area contributed by atoms with Crippen molar-refractivity contribution in [3.05, 3.63) is 12.3 Å². The molecule has 70 valence electrons. The van der Waals surface area contributed by atoms with Crippen LogP contribution in [0.2, 0.25) is 0 Å². The van der Waals surface area contributed by atoms with Crippen LogP contribution < -0.4 is 15.4 Å². The minimum absolute atomic E-state index is 0.259. The molecule has 0 spiro atoms. The lowest BCUT2D eigenvalue weighted by Gasteiger charge is -2.36. The Bertz CT molecular complexity index is 298. The monoisotopic (exact) mass is 180 g/mol. The standard InChI is InChI=1S/C8H12N4O/c1-13-7-2-3-10-8(11-7)12-4-6(9)5-12/h2-3,6H,4-5,9H2,1H3. The van der Waals surface area contributed by atoms with Crippen LogP contribution in [0.1, 0.15) is 0 Å². The zero-order valence-electron chi connectivity index (χ0n) is 7.47. The van der Waals surface area contributed by atoms with E-state index in [-0.39, 0.29) is 6.04 Å². The van der Waals surface area contributed by atoms with E-state index in [4.69, 9.17) is 10.5 Å². The van der Waals surface area contributed by atoms with Gasteiger partial charge in [-0.25, -0.2) is 4.98 Å². The lowest BCUT2D eigenvalue weighted by Crippen LogP contribution is -2.56. The zero-order valence-corrected chi connectivity index (χ0v) is 7.47. The number of aromatic nitrogens is 2. The van der Waals surface area contributed by atoms with Gasteiger partial charge in [0.05, 0.1) is 7.11 Å². The molecule has 0 bridgehead atoms. The Labute approximate surface area is 76.5 Å². The molecule has 0 saturated carbocycles. The average molecular weight is 180 g/mol. The maximum atomic E-state index is 5.65. The van der Waals surface area contributed by atoms with Crippen LogP contribution in [0, 0.1) is 0 Å². The molecular formula is C8H12N4O. The van der Waals surface area contributed by atoms with E-state index in [1.54, 1.807) is 19.4 Å². The van der Waals surface area contributed by atoms with Crippen LogP contribution in [0.15, 0.2) is 12.3 Å². The van der Waals surface area contributed by atoms with E-state index in [1.165, 1.54) is 0 Å². The Morgan fingerprint density at radius 2 is 2.38 bits per heavy atom. The number of anilines is 1. The van der Waals surface area contributed by atoms with Gasteiger partial charge in [0.2, 0.25) is 11.8 Å². The first-order valence-corrected chi connectivity index (χ1v) is 4.17. The number of rotatable bonds is 2. The second-order valence-corrected chi connectivity index (χ2v) is 3.06. The summed E-state index contributed by atoms with van der Waals surface area (Å²) >= 11 is 0. The predicted octanol–water partition coefficient (Wildman–Crippen LogP) is -0.368. The van der Waals surface area contributed by atoms with Gasteiger partial charge in [0, 0.05) is 31.4 Å². The van der Waals surface area contributed by atoms with E-state index >= 15 is 0 Å². The predicted molar refractivity (Wildman–Crippen MR) is 48.8 cm³/mol. The number of hydrogen-bond acceptors (Lipinski definition) is 5. The van der Waals surface area contributed by atoms with Crippen LogP contribution in [0.3, 0.4) is 0 Å². The van der Waals surface area contributed by atoms with E-state index in [1.807, 2.05) is 4.90 Å². The number of methoxy groups -OCH3 is 1. The van der Waals surface area contributed by atoms with Crippen molar-refractivity contribution in [1.29, 1.82) is 0 Å². The van der Waals surface area contributed by atoms with Gasteiger partial charge in [-0.3, -0.25) is 0 Å². The molecule has 1 aromatic heterocycles. The Balaban J connectivity index is 2.12. The Morgan fingerprint density at radius 1 is 1.62 bits per heavy atom. The highest BCUT2D eigenvalue weighted by molar-refractivity contribution is 5.36. The minimum Gasteiger partial charge on any atom is -0.481 e. The highest BCUT2D eigenvalue weighted by Crippen LogP contribution is 2.16. The quantitative estimate of drug-likeness (QED) is 0.673. The molecule has 0 unspecified atom stereocenters. The van der Waals surface area contributed by atoms with Crippen molar-refractivity contribution in [2.24, 2.45) is 5.73 Å². The van der Waals surface area contributed by atoms with Gasteiger partial charge in [0.15, 0.2) is 0 Å². The smallest absolute Gasteiger partial charge is 0.228 e. The largest absolute Gasteiger partial charge is 0.481 e. The number of nitrogens with zero attached hydrogens (tertiary/aromatic N) is 3. The van der Waals surface area contributed by atoms with Gasteiger partial charge in [-0.15, -0.1) is 0 Å². The van der Waals surface area contributed by atoms with Crippen LogP contribution in [-0.4, -0.2) is 36.2 Å². The molecule has 1 aromatic rings. The third-order valence-electron chi connectivity index (χ3n) is 2.02. The van der Waals surface area contributed by atoms with Crippen molar-refractivity contribution in [3.8, 4) is 5.88 Å². The molecule has 5 heteroatoms. The molecule has 13 heavy (non-hydrogen) atoms. The summed E-state index contributed by atoms with van der Waals surface area (Å²) in [5, 5.41) is 0. The molecule has 2 rings (SSSR count). The van der Waals surface area contributed by atoms with Gasteiger partial charge >= 0.3 is 0 Å². The molecule has 0 atom stereocenters. The first-order valence-electron chi connectivity index (χ1n) is 4.17. The summed E-state index contributed by atoms with van der Waals surface area (Å²) in [7, 11) is 1.59. The third-order valence-corrected chi connectivity index (χ3v) is 2.02. The summed E-state index contributed by atoms with van der Waals surface area (Å²) in [5.74, 6) is 1.28. The maximum absolute atomic E-state index is 5.65. The van der Waals surface area contributed by atoms with Crippen molar-refractivity contribution in [3.63, 3.8) is 0 Å². The maximum Gasteiger partial charge on any atom is 0.228 e.